The Morgan fingerprint density at radius 3 is 3.06 bits per heavy atom. The standard InChI is InChI=1S/C13H23N3OS/c1-5-14-9(2)12-10(3)15-13(18-12)11-8-16(4)6-7-17-11/h9,11,14H,5-8H2,1-4H3. The predicted octanol–water partition coefficient (Wildman–Crippen LogP) is 2.13. The van der Waals surface area contributed by atoms with Crippen molar-refractivity contribution in [1.82, 2.24) is 15.2 Å². The van der Waals surface area contributed by atoms with Gasteiger partial charge >= 0.3 is 0 Å². The van der Waals surface area contributed by atoms with E-state index in [1.165, 1.54) is 4.88 Å². The molecule has 0 bridgehead atoms. The summed E-state index contributed by atoms with van der Waals surface area (Å²) in [6, 6.07) is 0.377. The van der Waals surface area contributed by atoms with E-state index in [-0.39, 0.29) is 6.10 Å². The average molecular weight is 269 g/mol. The van der Waals surface area contributed by atoms with Gasteiger partial charge in [0.1, 0.15) is 11.1 Å². The van der Waals surface area contributed by atoms with Crippen molar-refractivity contribution in [2.24, 2.45) is 0 Å². The first kappa shape index (κ1) is 13.9. The van der Waals surface area contributed by atoms with Crippen LogP contribution in [0.3, 0.4) is 0 Å². The van der Waals surface area contributed by atoms with Crippen LogP contribution >= 0.6 is 11.3 Å². The topological polar surface area (TPSA) is 37.4 Å². The summed E-state index contributed by atoms with van der Waals surface area (Å²) < 4.78 is 5.83. The van der Waals surface area contributed by atoms with Crippen molar-refractivity contribution in [1.29, 1.82) is 0 Å². The van der Waals surface area contributed by atoms with Gasteiger partial charge in [-0.2, -0.15) is 0 Å². The van der Waals surface area contributed by atoms with E-state index in [0.717, 1.165) is 36.9 Å². The molecule has 1 fully saturated rings. The van der Waals surface area contributed by atoms with Gasteiger partial charge in [-0.05, 0) is 27.4 Å². The Balaban J connectivity index is 2.12. The normalized spacial score (nSPS) is 23.2. The van der Waals surface area contributed by atoms with E-state index < -0.39 is 0 Å². The van der Waals surface area contributed by atoms with Crippen molar-refractivity contribution in [2.75, 3.05) is 33.3 Å². The summed E-state index contributed by atoms with van der Waals surface area (Å²) in [6.45, 7) is 10.2. The second-order valence-electron chi connectivity index (χ2n) is 4.90. The number of hydrogen-bond acceptors (Lipinski definition) is 5. The van der Waals surface area contributed by atoms with Crippen LogP contribution < -0.4 is 5.32 Å². The molecule has 1 aliphatic heterocycles. The maximum Gasteiger partial charge on any atom is 0.123 e. The molecule has 18 heavy (non-hydrogen) atoms. The summed E-state index contributed by atoms with van der Waals surface area (Å²) in [5, 5.41) is 4.57. The number of morpholine rings is 1. The second-order valence-corrected chi connectivity index (χ2v) is 5.97. The number of hydrogen-bond donors (Lipinski definition) is 1. The summed E-state index contributed by atoms with van der Waals surface area (Å²) in [5.74, 6) is 0. The van der Waals surface area contributed by atoms with Crippen molar-refractivity contribution in [3.63, 3.8) is 0 Å². The Hall–Kier alpha value is -0.490. The van der Waals surface area contributed by atoms with Gasteiger partial charge in [-0.15, -0.1) is 11.3 Å². The maximum atomic E-state index is 5.83. The fraction of sp³-hybridized carbons (Fsp3) is 0.769. The molecule has 0 spiro atoms. The van der Waals surface area contributed by atoms with Gasteiger partial charge in [0.25, 0.3) is 0 Å². The number of ether oxygens (including phenoxy) is 1. The molecule has 2 heterocycles. The van der Waals surface area contributed by atoms with Crippen LogP contribution in [0.2, 0.25) is 0 Å². The molecule has 2 rings (SSSR count). The molecule has 0 saturated carbocycles. The third-order valence-corrected chi connectivity index (χ3v) is 4.73. The zero-order valence-electron chi connectivity index (χ0n) is 11.7. The van der Waals surface area contributed by atoms with Crippen molar-refractivity contribution in [3.8, 4) is 0 Å². The summed E-state index contributed by atoms with van der Waals surface area (Å²) in [6.07, 6.45) is 0.148. The highest BCUT2D eigenvalue weighted by Gasteiger charge is 2.24. The smallest absolute Gasteiger partial charge is 0.123 e. The third-order valence-electron chi connectivity index (χ3n) is 3.30. The van der Waals surface area contributed by atoms with Gasteiger partial charge in [-0.3, -0.25) is 0 Å². The lowest BCUT2D eigenvalue weighted by molar-refractivity contribution is -0.0210. The molecule has 0 radical (unpaired) electrons. The molecule has 102 valence electrons. The number of nitrogens with zero attached hydrogens (tertiary/aromatic N) is 2. The Labute approximate surface area is 113 Å². The number of rotatable bonds is 4. The molecule has 1 N–H and O–H groups in total. The van der Waals surface area contributed by atoms with E-state index in [1.54, 1.807) is 11.3 Å². The van der Waals surface area contributed by atoms with Gasteiger partial charge in [0.15, 0.2) is 0 Å². The molecule has 1 saturated heterocycles. The molecular weight excluding hydrogens is 246 g/mol. The van der Waals surface area contributed by atoms with Gasteiger partial charge in [0, 0.05) is 24.0 Å². The van der Waals surface area contributed by atoms with Crippen LogP contribution in [0.25, 0.3) is 0 Å². The fourth-order valence-electron chi connectivity index (χ4n) is 2.30. The first-order chi connectivity index (χ1) is 8.61. The highest BCUT2D eigenvalue weighted by molar-refractivity contribution is 7.11. The van der Waals surface area contributed by atoms with Crippen LogP contribution in [0.4, 0.5) is 0 Å². The van der Waals surface area contributed by atoms with Crippen molar-refractivity contribution >= 4 is 11.3 Å². The SMILES string of the molecule is CCNC(C)c1sc(C2CN(C)CCO2)nc1C. The summed E-state index contributed by atoms with van der Waals surface area (Å²) >= 11 is 1.79. The summed E-state index contributed by atoms with van der Waals surface area (Å²) in [5.41, 5.74) is 1.14. The fourth-order valence-corrected chi connectivity index (χ4v) is 3.43. The molecule has 2 atom stereocenters. The van der Waals surface area contributed by atoms with Crippen LogP contribution in [0.15, 0.2) is 0 Å². The van der Waals surface area contributed by atoms with Crippen LogP contribution in [0.1, 0.15) is 41.6 Å². The largest absolute Gasteiger partial charge is 0.368 e. The first-order valence-electron chi connectivity index (χ1n) is 6.62. The Morgan fingerprint density at radius 1 is 1.61 bits per heavy atom. The Morgan fingerprint density at radius 2 is 2.39 bits per heavy atom. The van der Waals surface area contributed by atoms with Gasteiger partial charge in [-0.1, -0.05) is 6.92 Å². The Kier molecular flexibility index (Phi) is 4.72. The second kappa shape index (κ2) is 6.10. The van der Waals surface area contributed by atoms with E-state index in [2.05, 4.69) is 38.0 Å². The zero-order chi connectivity index (χ0) is 13.1. The molecule has 2 unspecified atom stereocenters. The Bertz CT molecular complexity index is 394. The lowest BCUT2D eigenvalue weighted by Gasteiger charge is -2.28. The van der Waals surface area contributed by atoms with Crippen LogP contribution in [0, 0.1) is 6.92 Å². The van der Waals surface area contributed by atoms with Gasteiger partial charge < -0.3 is 15.0 Å². The number of aryl methyl sites for hydroxylation is 1. The molecule has 4 nitrogen and oxygen atoms in total. The van der Waals surface area contributed by atoms with Crippen LogP contribution in [-0.4, -0.2) is 43.2 Å². The lowest BCUT2D eigenvalue weighted by Crippen LogP contribution is -2.35. The number of likely N-dealkylation sites (N-methyl/N-ethyl adjacent to an activating group) is 1. The third kappa shape index (κ3) is 3.09. The lowest BCUT2D eigenvalue weighted by atomic mass is 10.2. The van der Waals surface area contributed by atoms with E-state index in [0.29, 0.717) is 6.04 Å². The van der Waals surface area contributed by atoms with E-state index >= 15 is 0 Å². The van der Waals surface area contributed by atoms with Crippen molar-refractivity contribution in [2.45, 2.75) is 32.9 Å². The number of thiazole rings is 1. The monoisotopic (exact) mass is 269 g/mol. The van der Waals surface area contributed by atoms with E-state index in [4.69, 9.17) is 9.72 Å². The average Bonchev–Trinajstić information content (AvgIpc) is 2.72. The minimum absolute atomic E-state index is 0.148. The highest BCUT2D eigenvalue weighted by atomic mass is 32.1. The molecule has 1 aromatic rings. The first-order valence-corrected chi connectivity index (χ1v) is 7.44. The molecule has 0 aromatic carbocycles. The number of aromatic nitrogens is 1. The summed E-state index contributed by atoms with van der Waals surface area (Å²) in [4.78, 5) is 8.34. The minimum atomic E-state index is 0.148. The molecule has 1 aromatic heterocycles. The summed E-state index contributed by atoms with van der Waals surface area (Å²) in [7, 11) is 2.14. The van der Waals surface area contributed by atoms with Gasteiger partial charge in [0.05, 0.1) is 12.3 Å². The maximum absolute atomic E-state index is 5.83. The van der Waals surface area contributed by atoms with Gasteiger partial charge in [-0.25, -0.2) is 4.98 Å². The van der Waals surface area contributed by atoms with Crippen molar-refractivity contribution in [3.05, 3.63) is 15.6 Å². The zero-order valence-corrected chi connectivity index (χ0v) is 12.5. The van der Waals surface area contributed by atoms with E-state index in [9.17, 15) is 0 Å². The van der Waals surface area contributed by atoms with Crippen LogP contribution in [0.5, 0.6) is 0 Å². The highest BCUT2D eigenvalue weighted by Crippen LogP contribution is 2.31. The molecular formula is C13H23N3OS. The minimum Gasteiger partial charge on any atom is -0.368 e. The van der Waals surface area contributed by atoms with Gasteiger partial charge in [0.2, 0.25) is 0 Å². The van der Waals surface area contributed by atoms with Crippen molar-refractivity contribution < 1.29 is 4.74 Å². The number of nitrogens with one attached hydrogen (secondary N) is 1. The molecule has 5 heteroatoms. The van der Waals surface area contributed by atoms with E-state index in [1.807, 2.05) is 0 Å². The predicted molar refractivity (Wildman–Crippen MR) is 75.1 cm³/mol. The quantitative estimate of drug-likeness (QED) is 0.908. The molecule has 0 aliphatic carbocycles. The van der Waals surface area contributed by atoms with Crippen LogP contribution in [-0.2, 0) is 4.74 Å². The molecule has 1 aliphatic rings. The molecule has 0 amide bonds.